The molecule has 0 unspecified atom stereocenters. The van der Waals surface area contributed by atoms with Crippen molar-refractivity contribution >= 4 is 23.2 Å². The standard InChI is InChI=1S/C19H23ClN4O3/c1-11(25)21-16-4-12-7-23(8-13(12)5-17(16)26)10-15-6-19(27)24-9-14(20)2-3-18(24)22-15/h2-3,6,9,12-13,16-17,26H,4-5,7-8,10H2,1H3,(H,21,25)/t12-,13+,16-,17-/m1/s1. The molecule has 0 radical (unpaired) electrons. The minimum Gasteiger partial charge on any atom is -0.391 e. The summed E-state index contributed by atoms with van der Waals surface area (Å²) in [6.07, 6.45) is 2.56. The lowest BCUT2D eigenvalue weighted by atomic mass is 9.77. The van der Waals surface area contributed by atoms with Crippen molar-refractivity contribution in [2.24, 2.45) is 11.8 Å². The fourth-order valence-corrected chi connectivity index (χ4v) is 4.67. The van der Waals surface area contributed by atoms with Crippen LogP contribution in [0.15, 0.2) is 29.2 Å². The van der Waals surface area contributed by atoms with E-state index in [1.807, 2.05) is 0 Å². The molecule has 7 nitrogen and oxygen atoms in total. The van der Waals surface area contributed by atoms with Crippen LogP contribution in [0.1, 0.15) is 25.5 Å². The second kappa shape index (κ2) is 7.22. The maximum absolute atomic E-state index is 12.3. The molecule has 0 spiro atoms. The predicted molar refractivity (Wildman–Crippen MR) is 102 cm³/mol. The van der Waals surface area contributed by atoms with Gasteiger partial charge in [-0.15, -0.1) is 0 Å². The van der Waals surface area contributed by atoms with Crippen molar-refractivity contribution in [1.29, 1.82) is 0 Å². The number of likely N-dealkylation sites (tertiary alicyclic amines) is 1. The van der Waals surface area contributed by atoms with Gasteiger partial charge in [0.15, 0.2) is 0 Å². The summed E-state index contributed by atoms with van der Waals surface area (Å²) < 4.78 is 1.45. The molecular weight excluding hydrogens is 368 g/mol. The van der Waals surface area contributed by atoms with Crippen LogP contribution >= 0.6 is 11.6 Å². The van der Waals surface area contributed by atoms with E-state index < -0.39 is 6.10 Å². The highest BCUT2D eigenvalue weighted by atomic mass is 35.5. The van der Waals surface area contributed by atoms with E-state index in [2.05, 4.69) is 15.2 Å². The van der Waals surface area contributed by atoms with Crippen LogP contribution < -0.4 is 10.9 Å². The van der Waals surface area contributed by atoms with Gasteiger partial charge in [-0.05, 0) is 36.8 Å². The lowest BCUT2D eigenvalue weighted by molar-refractivity contribution is -0.121. The second-order valence-corrected chi connectivity index (χ2v) is 8.16. The first kappa shape index (κ1) is 18.4. The maximum Gasteiger partial charge on any atom is 0.258 e. The van der Waals surface area contributed by atoms with Crippen LogP contribution in [0, 0.1) is 11.8 Å². The first-order chi connectivity index (χ1) is 12.9. The van der Waals surface area contributed by atoms with Crippen LogP contribution in [-0.2, 0) is 11.3 Å². The molecule has 2 fully saturated rings. The van der Waals surface area contributed by atoms with Crippen LogP contribution in [0.4, 0.5) is 0 Å². The van der Waals surface area contributed by atoms with Gasteiger partial charge in [0, 0.05) is 38.8 Å². The summed E-state index contributed by atoms with van der Waals surface area (Å²) in [5.74, 6) is 0.740. The number of nitrogens with one attached hydrogen (secondary N) is 1. The van der Waals surface area contributed by atoms with Crippen molar-refractivity contribution in [3.63, 3.8) is 0 Å². The number of amides is 1. The number of nitrogens with zero attached hydrogens (tertiary/aromatic N) is 3. The summed E-state index contributed by atoms with van der Waals surface area (Å²) in [5.41, 5.74) is 1.18. The average Bonchev–Trinajstić information content (AvgIpc) is 2.96. The first-order valence-corrected chi connectivity index (χ1v) is 9.62. The summed E-state index contributed by atoms with van der Waals surface area (Å²) >= 11 is 5.95. The van der Waals surface area contributed by atoms with Crippen molar-refractivity contribution in [2.45, 2.75) is 38.5 Å². The van der Waals surface area contributed by atoms with Gasteiger partial charge in [-0.25, -0.2) is 4.98 Å². The highest BCUT2D eigenvalue weighted by Crippen LogP contribution is 2.37. The molecule has 2 aliphatic rings. The van der Waals surface area contributed by atoms with Gasteiger partial charge in [-0.1, -0.05) is 11.6 Å². The summed E-state index contributed by atoms with van der Waals surface area (Å²) in [5, 5.41) is 13.7. The molecule has 1 aliphatic heterocycles. The lowest BCUT2D eigenvalue weighted by Gasteiger charge is -2.35. The van der Waals surface area contributed by atoms with Crippen molar-refractivity contribution < 1.29 is 9.90 Å². The lowest BCUT2D eigenvalue weighted by Crippen LogP contribution is -2.48. The summed E-state index contributed by atoms with van der Waals surface area (Å²) in [7, 11) is 0. The zero-order valence-corrected chi connectivity index (χ0v) is 15.9. The Hall–Kier alpha value is -1.96. The van der Waals surface area contributed by atoms with Gasteiger partial charge >= 0.3 is 0 Å². The number of aliphatic hydroxyl groups is 1. The second-order valence-electron chi connectivity index (χ2n) is 7.72. The van der Waals surface area contributed by atoms with Crippen LogP contribution in [0.25, 0.3) is 5.65 Å². The largest absolute Gasteiger partial charge is 0.391 e. The fourth-order valence-electron chi connectivity index (χ4n) is 4.51. The van der Waals surface area contributed by atoms with Gasteiger partial charge in [0.05, 0.1) is 22.9 Å². The molecule has 0 aromatic carbocycles. The van der Waals surface area contributed by atoms with E-state index in [-0.39, 0.29) is 17.5 Å². The van der Waals surface area contributed by atoms with Gasteiger partial charge in [0.25, 0.3) is 5.56 Å². The number of pyridine rings is 1. The Labute approximate surface area is 162 Å². The maximum atomic E-state index is 12.3. The predicted octanol–water partition coefficient (Wildman–Crippen LogP) is 1.06. The molecule has 0 bridgehead atoms. The monoisotopic (exact) mass is 390 g/mol. The van der Waals surface area contributed by atoms with Crippen LogP contribution in [0.3, 0.4) is 0 Å². The molecule has 1 saturated carbocycles. The average molecular weight is 391 g/mol. The minimum atomic E-state index is -0.497. The van der Waals surface area contributed by atoms with E-state index in [0.717, 1.165) is 25.2 Å². The van der Waals surface area contributed by atoms with Crippen molar-refractivity contribution in [3.8, 4) is 0 Å². The number of carbonyl (C=O) groups excluding carboxylic acids is 1. The number of aromatic nitrogens is 2. The highest BCUT2D eigenvalue weighted by Gasteiger charge is 2.41. The number of carbonyl (C=O) groups is 1. The van der Waals surface area contributed by atoms with Crippen molar-refractivity contribution in [2.75, 3.05) is 13.1 Å². The Morgan fingerprint density at radius 2 is 2.07 bits per heavy atom. The SMILES string of the molecule is CC(=O)N[C@@H]1C[C@@H]2CN(Cc3cc(=O)n4cc(Cl)ccc4n3)C[C@@H]2C[C@H]1O. The molecule has 2 N–H and O–H groups in total. The van der Waals surface area contributed by atoms with Crippen LogP contribution in [-0.4, -0.2) is 50.5 Å². The summed E-state index contributed by atoms with van der Waals surface area (Å²) in [6, 6.07) is 4.85. The Morgan fingerprint density at radius 1 is 1.33 bits per heavy atom. The van der Waals surface area contributed by atoms with E-state index in [9.17, 15) is 14.7 Å². The minimum absolute atomic E-state index is 0.103. The van der Waals surface area contributed by atoms with Crippen LogP contribution in [0.5, 0.6) is 0 Å². The van der Waals surface area contributed by atoms with Gasteiger partial charge in [-0.3, -0.25) is 18.9 Å². The van der Waals surface area contributed by atoms with E-state index in [1.165, 1.54) is 11.3 Å². The Morgan fingerprint density at radius 3 is 2.81 bits per heavy atom. The number of aliphatic hydroxyl groups excluding tert-OH is 1. The fraction of sp³-hybridized carbons (Fsp3) is 0.526. The third-order valence-corrected chi connectivity index (χ3v) is 5.89. The summed E-state index contributed by atoms with van der Waals surface area (Å²) in [6.45, 7) is 3.84. The molecule has 8 heteroatoms. The van der Waals surface area contributed by atoms with Crippen molar-refractivity contribution in [3.05, 3.63) is 45.5 Å². The number of hydrogen-bond acceptors (Lipinski definition) is 5. The highest BCUT2D eigenvalue weighted by molar-refractivity contribution is 6.30. The molecular formula is C19H23ClN4O3. The smallest absolute Gasteiger partial charge is 0.258 e. The van der Waals surface area contributed by atoms with E-state index in [4.69, 9.17) is 11.6 Å². The zero-order valence-electron chi connectivity index (χ0n) is 15.1. The molecule has 3 heterocycles. The zero-order chi connectivity index (χ0) is 19.1. The third kappa shape index (κ3) is 3.85. The van der Waals surface area contributed by atoms with E-state index >= 15 is 0 Å². The quantitative estimate of drug-likeness (QED) is 0.818. The van der Waals surface area contributed by atoms with E-state index in [1.54, 1.807) is 24.4 Å². The molecule has 27 heavy (non-hydrogen) atoms. The molecule has 4 rings (SSSR count). The Balaban J connectivity index is 1.47. The molecule has 4 atom stereocenters. The number of hydrogen-bond donors (Lipinski definition) is 2. The third-order valence-electron chi connectivity index (χ3n) is 5.67. The topological polar surface area (TPSA) is 86.9 Å². The number of halogens is 1. The van der Waals surface area contributed by atoms with Gasteiger partial charge < -0.3 is 10.4 Å². The van der Waals surface area contributed by atoms with Crippen molar-refractivity contribution in [1.82, 2.24) is 19.6 Å². The van der Waals surface area contributed by atoms with E-state index in [0.29, 0.717) is 35.5 Å². The van der Waals surface area contributed by atoms with Crippen LogP contribution in [0.2, 0.25) is 5.02 Å². The number of fused-ring (bicyclic) bond motifs is 2. The Bertz CT molecular complexity index is 931. The molecule has 1 saturated heterocycles. The molecule has 2 aromatic heterocycles. The van der Waals surface area contributed by atoms with Gasteiger partial charge in [0.1, 0.15) is 5.65 Å². The Kier molecular flexibility index (Phi) is 4.92. The van der Waals surface area contributed by atoms with Gasteiger partial charge in [0.2, 0.25) is 5.91 Å². The molecule has 1 aliphatic carbocycles. The van der Waals surface area contributed by atoms with Gasteiger partial charge in [-0.2, -0.15) is 0 Å². The molecule has 144 valence electrons. The summed E-state index contributed by atoms with van der Waals surface area (Å²) in [4.78, 5) is 30.5. The molecule has 1 amide bonds. The normalized spacial score (nSPS) is 28.3. The first-order valence-electron chi connectivity index (χ1n) is 9.24. The molecule has 2 aromatic rings. The number of rotatable bonds is 3.